The van der Waals surface area contributed by atoms with E-state index in [0.29, 0.717) is 11.4 Å². The summed E-state index contributed by atoms with van der Waals surface area (Å²) in [7, 11) is 0. The number of rotatable bonds is 5. The average molecular weight is 319 g/mol. The van der Waals surface area contributed by atoms with Crippen molar-refractivity contribution in [3.05, 3.63) is 24.4 Å². The van der Waals surface area contributed by atoms with E-state index in [1.54, 1.807) is 13.1 Å². The van der Waals surface area contributed by atoms with Crippen LogP contribution in [0.25, 0.3) is 0 Å². The average Bonchev–Trinajstić information content (AvgIpc) is 3.24. The number of amides is 2. The number of carbonyl (C=O) groups excluding carboxylic acids is 1. The van der Waals surface area contributed by atoms with Gasteiger partial charge in [-0.1, -0.05) is 5.16 Å². The molecule has 0 spiro atoms. The van der Waals surface area contributed by atoms with Gasteiger partial charge in [0, 0.05) is 6.54 Å². The molecule has 2 atom stereocenters. The minimum Gasteiger partial charge on any atom is -0.485 e. The second kappa shape index (κ2) is 6.72. The SMILES string of the molecule is CCn1cc(O[C@@H]2CCC[C@@H]2NC(=O)Nc2conc2C)cn1. The molecule has 23 heavy (non-hydrogen) atoms. The summed E-state index contributed by atoms with van der Waals surface area (Å²) in [5.74, 6) is 0.737. The van der Waals surface area contributed by atoms with E-state index in [1.165, 1.54) is 6.26 Å². The number of urea groups is 1. The first-order chi connectivity index (χ1) is 11.2. The Kier molecular flexibility index (Phi) is 4.50. The van der Waals surface area contributed by atoms with E-state index in [4.69, 9.17) is 9.26 Å². The van der Waals surface area contributed by atoms with Crippen LogP contribution < -0.4 is 15.4 Å². The molecule has 1 aliphatic carbocycles. The zero-order valence-corrected chi connectivity index (χ0v) is 13.3. The third-order valence-electron chi connectivity index (χ3n) is 3.99. The number of carbonyl (C=O) groups is 1. The lowest BCUT2D eigenvalue weighted by atomic mass is 10.2. The monoisotopic (exact) mass is 319 g/mol. The Morgan fingerprint density at radius 1 is 1.52 bits per heavy atom. The first-order valence-electron chi connectivity index (χ1n) is 7.83. The highest BCUT2D eigenvalue weighted by Gasteiger charge is 2.30. The van der Waals surface area contributed by atoms with Crippen LogP contribution in [-0.2, 0) is 6.54 Å². The molecule has 0 bridgehead atoms. The van der Waals surface area contributed by atoms with Crippen LogP contribution in [0.15, 0.2) is 23.2 Å². The predicted molar refractivity (Wildman–Crippen MR) is 83.4 cm³/mol. The molecule has 0 aromatic carbocycles. The zero-order valence-electron chi connectivity index (χ0n) is 13.3. The van der Waals surface area contributed by atoms with Gasteiger partial charge in [0.25, 0.3) is 0 Å². The van der Waals surface area contributed by atoms with Gasteiger partial charge in [-0.2, -0.15) is 5.10 Å². The normalized spacial score (nSPS) is 20.4. The van der Waals surface area contributed by atoms with Crippen molar-refractivity contribution in [3.63, 3.8) is 0 Å². The van der Waals surface area contributed by atoms with Crippen molar-refractivity contribution in [2.45, 2.75) is 51.8 Å². The summed E-state index contributed by atoms with van der Waals surface area (Å²) in [6.45, 7) is 4.59. The fourth-order valence-electron chi connectivity index (χ4n) is 2.72. The number of nitrogens with one attached hydrogen (secondary N) is 2. The Morgan fingerprint density at radius 3 is 3.09 bits per heavy atom. The summed E-state index contributed by atoms with van der Waals surface area (Å²) >= 11 is 0. The standard InChI is InChI=1S/C15H21N5O3/c1-3-20-8-11(7-16-20)23-14-6-4-5-12(14)17-15(21)18-13-9-22-19-10(13)2/h7-9,12,14H,3-6H2,1-2H3,(H2,17,18,21)/t12-,14+/m0/s1. The number of aryl methyl sites for hydroxylation is 2. The molecule has 8 heteroatoms. The lowest BCUT2D eigenvalue weighted by molar-refractivity contribution is 0.175. The molecule has 1 saturated carbocycles. The van der Waals surface area contributed by atoms with Crippen molar-refractivity contribution in [1.29, 1.82) is 0 Å². The molecule has 0 unspecified atom stereocenters. The van der Waals surface area contributed by atoms with Crippen LogP contribution in [0.1, 0.15) is 31.9 Å². The Morgan fingerprint density at radius 2 is 2.39 bits per heavy atom. The van der Waals surface area contributed by atoms with Gasteiger partial charge in [0.1, 0.15) is 23.7 Å². The van der Waals surface area contributed by atoms with Crippen molar-refractivity contribution in [2.24, 2.45) is 0 Å². The number of ether oxygens (including phenoxy) is 1. The fraction of sp³-hybridized carbons (Fsp3) is 0.533. The van der Waals surface area contributed by atoms with Gasteiger partial charge in [-0.15, -0.1) is 0 Å². The molecule has 1 aliphatic rings. The molecule has 2 aromatic heterocycles. The van der Waals surface area contributed by atoms with Crippen LogP contribution in [-0.4, -0.2) is 33.1 Å². The lowest BCUT2D eigenvalue weighted by Gasteiger charge is -2.21. The molecule has 8 nitrogen and oxygen atoms in total. The zero-order chi connectivity index (χ0) is 16.2. The second-order valence-corrected chi connectivity index (χ2v) is 5.64. The van der Waals surface area contributed by atoms with Crippen LogP contribution in [0.5, 0.6) is 5.75 Å². The first-order valence-corrected chi connectivity index (χ1v) is 7.83. The van der Waals surface area contributed by atoms with Gasteiger partial charge in [-0.3, -0.25) is 4.68 Å². The number of nitrogens with zero attached hydrogens (tertiary/aromatic N) is 3. The third kappa shape index (κ3) is 3.64. The van der Waals surface area contributed by atoms with Gasteiger partial charge in [0.15, 0.2) is 5.75 Å². The minimum atomic E-state index is -0.277. The Bertz CT molecular complexity index is 666. The predicted octanol–water partition coefficient (Wildman–Crippen LogP) is 2.32. The Balaban J connectivity index is 1.56. The lowest BCUT2D eigenvalue weighted by Crippen LogP contribution is -2.44. The van der Waals surface area contributed by atoms with Crippen molar-refractivity contribution in [3.8, 4) is 5.75 Å². The van der Waals surface area contributed by atoms with Crippen LogP contribution in [0.3, 0.4) is 0 Å². The van der Waals surface area contributed by atoms with Gasteiger partial charge in [-0.25, -0.2) is 4.79 Å². The van der Waals surface area contributed by atoms with Gasteiger partial charge in [0.05, 0.1) is 18.4 Å². The van der Waals surface area contributed by atoms with Gasteiger partial charge in [-0.05, 0) is 33.1 Å². The van der Waals surface area contributed by atoms with Crippen LogP contribution in [0.4, 0.5) is 10.5 Å². The molecule has 0 aliphatic heterocycles. The van der Waals surface area contributed by atoms with E-state index >= 15 is 0 Å². The largest absolute Gasteiger partial charge is 0.485 e. The summed E-state index contributed by atoms with van der Waals surface area (Å²) in [6, 6.07) is -0.304. The molecule has 2 heterocycles. The van der Waals surface area contributed by atoms with Crippen molar-refractivity contribution < 1.29 is 14.1 Å². The van der Waals surface area contributed by atoms with E-state index in [-0.39, 0.29) is 18.2 Å². The smallest absolute Gasteiger partial charge is 0.319 e. The molecule has 124 valence electrons. The van der Waals surface area contributed by atoms with Crippen LogP contribution >= 0.6 is 0 Å². The van der Waals surface area contributed by atoms with E-state index in [1.807, 2.05) is 17.8 Å². The summed E-state index contributed by atoms with van der Waals surface area (Å²) in [5, 5.41) is 13.6. The maximum Gasteiger partial charge on any atom is 0.319 e. The Labute approximate surface area is 134 Å². The number of hydrogen-bond acceptors (Lipinski definition) is 5. The van der Waals surface area contributed by atoms with Crippen molar-refractivity contribution in [1.82, 2.24) is 20.3 Å². The summed E-state index contributed by atoms with van der Waals surface area (Å²) in [4.78, 5) is 12.1. The maximum atomic E-state index is 12.1. The van der Waals surface area contributed by atoms with Crippen molar-refractivity contribution >= 4 is 11.7 Å². The molecule has 2 N–H and O–H groups in total. The summed E-state index contributed by atoms with van der Waals surface area (Å²) < 4.78 is 12.6. The van der Waals surface area contributed by atoms with Crippen LogP contribution in [0, 0.1) is 6.92 Å². The fourth-order valence-corrected chi connectivity index (χ4v) is 2.72. The molecule has 1 fully saturated rings. The van der Waals surface area contributed by atoms with E-state index in [9.17, 15) is 4.79 Å². The molecule has 0 saturated heterocycles. The van der Waals surface area contributed by atoms with Crippen molar-refractivity contribution in [2.75, 3.05) is 5.32 Å². The molecular formula is C15H21N5O3. The van der Waals surface area contributed by atoms with Gasteiger partial charge in [0.2, 0.25) is 0 Å². The molecule has 3 rings (SSSR count). The first kappa shape index (κ1) is 15.4. The maximum absolute atomic E-state index is 12.1. The molecule has 0 radical (unpaired) electrons. The van der Waals surface area contributed by atoms with E-state index < -0.39 is 0 Å². The van der Waals surface area contributed by atoms with Gasteiger partial charge < -0.3 is 19.9 Å². The highest BCUT2D eigenvalue weighted by atomic mass is 16.5. The van der Waals surface area contributed by atoms with Gasteiger partial charge >= 0.3 is 6.03 Å². The van der Waals surface area contributed by atoms with Crippen LogP contribution in [0.2, 0.25) is 0 Å². The highest BCUT2D eigenvalue weighted by molar-refractivity contribution is 5.89. The van der Waals surface area contributed by atoms with E-state index in [0.717, 1.165) is 31.6 Å². The number of anilines is 1. The van der Waals surface area contributed by atoms with E-state index in [2.05, 4.69) is 20.9 Å². The Hall–Kier alpha value is -2.51. The molecular weight excluding hydrogens is 298 g/mol. The quantitative estimate of drug-likeness (QED) is 0.882. The summed E-state index contributed by atoms with van der Waals surface area (Å²) in [6.07, 6.45) is 7.77. The number of aromatic nitrogens is 3. The summed E-state index contributed by atoms with van der Waals surface area (Å²) in [5.41, 5.74) is 1.22. The second-order valence-electron chi connectivity index (χ2n) is 5.64. The third-order valence-corrected chi connectivity index (χ3v) is 3.99. The molecule has 2 amide bonds. The minimum absolute atomic E-state index is 0.0276. The highest BCUT2D eigenvalue weighted by Crippen LogP contribution is 2.25. The topological polar surface area (TPSA) is 94.2 Å². The number of hydrogen-bond donors (Lipinski definition) is 2. The molecule has 2 aromatic rings.